The Morgan fingerprint density at radius 2 is 2.12 bits per heavy atom. The van der Waals surface area contributed by atoms with Crippen molar-refractivity contribution in [2.45, 2.75) is 33.1 Å². The van der Waals surface area contributed by atoms with Crippen LogP contribution >= 0.6 is 11.6 Å². The molecule has 0 unspecified atom stereocenters. The molecule has 0 radical (unpaired) electrons. The van der Waals surface area contributed by atoms with E-state index >= 15 is 0 Å². The van der Waals surface area contributed by atoms with E-state index in [9.17, 15) is 15.0 Å². The number of pyridine rings is 1. The first kappa shape index (κ1) is 18.8. The summed E-state index contributed by atoms with van der Waals surface area (Å²) in [6.45, 7) is 3.84. The molecule has 1 heterocycles. The predicted octanol–water partition coefficient (Wildman–Crippen LogP) is 5.20. The zero-order chi connectivity index (χ0) is 18.4. The maximum absolute atomic E-state index is 11.4. The number of hydrogen-bond acceptors (Lipinski definition) is 4. The Bertz CT molecular complexity index is 762. The van der Waals surface area contributed by atoms with Crippen molar-refractivity contribution in [3.63, 3.8) is 0 Å². The van der Waals surface area contributed by atoms with Crippen molar-refractivity contribution in [1.82, 2.24) is 4.98 Å². The highest BCUT2D eigenvalue weighted by Crippen LogP contribution is 2.34. The van der Waals surface area contributed by atoms with Crippen molar-refractivity contribution >= 4 is 23.6 Å². The number of ether oxygens (including phenoxy) is 1. The van der Waals surface area contributed by atoms with E-state index in [-0.39, 0.29) is 5.75 Å². The van der Waals surface area contributed by atoms with Crippen LogP contribution in [-0.4, -0.2) is 21.2 Å². The molecule has 2 rings (SSSR count). The van der Waals surface area contributed by atoms with E-state index in [0.29, 0.717) is 34.2 Å². The summed E-state index contributed by atoms with van der Waals surface area (Å²) in [6.07, 6.45) is 5.18. The summed E-state index contributed by atoms with van der Waals surface area (Å²) in [5.41, 5.74) is 1.82. The Kier molecular flexibility index (Phi) is 6.42. The number of carbonyl (C=O) groups is 1. The smallest absolute Gasteiger partial charge is 0.331 e. The monoisotopic (exact) mass is 361 g/mol. The number of aryl methyl sites for hydroxylation is 1. The average molecular weight is 362 g/mol. The lowest BCUT2D eigenvalue weighted by Gasteiger charge is -2.11. The second-order valence-electron chi connectivity index (χ2n) is 5.68. The minimum absolute atomic E-state index is 0.0453. The molecule has 0 saturated carbocycles. The van der Waals surface area contributed by atoms with Crippen LogP contribution in [0.4, 0.5) is 0 Å². The minimum atomic E-state index is -0.921. The van der Waals surface area contributed by atoms with E-state index < -0.39 is 5.97 Å². The Morgan fingerprint density at radius 1 is 1.36 bits per heavy atom. The van der Waals surface area contributed by atoms with Crippen LogP contribution in [0.25, 0.3) is 6.08 Å². The molecule has 0 aliphatic carbocycles. The molecule has 0 spiro atoms. The van der Waals surface area contributed by atoms with Crippen molar-refractivity contribution < 1.29 is 19.7 Å². The Morgan fingerprint density at radius 3 is 2.68 bits per heavy atom. The summed E-state index contributed by atoms with van der Waals surface area (Å²) in [5, 5.41) is 18.9. The molecular formula is C19H20ClNO4. The number of aromatic nitrogens is 1. The summed E-state index contributed by atoms with van der Waals surface area (Å²) in [6, 6.07) is 6.48. The van der Waals surface area contributed by atoms with Gasteiger partial charge < -0.3 is 14.9 Å². The predicted molar refractivity (Wildman–Crippen MR) is 97.3 cm³/mol. The van der Waals surface area contributed by atoms with Crippen molar-refractivity contribution in [3.8, 4) is 17.4 Å². The number of benzene rings is 1. The molecule has 2 N–H and O–H groups in total. The highest BCUT2D eigenvalue weighted by molar-refractivity contribution is 6.32. The third kappa shape index (κ3) is 5.22. The molecule has 0 saturated heterocycles. The van der Waals surface area contributed by atoms with E-state index in [2.05, 4.69) is 4.98 Å². The van der Waals surface area contributed by atoms with Gasteiger partial charge in [-0.3, -0.25) is 0 Å². The van der Waals surface area contributed by atoms with Gasteiger partial charge in [-0.1, -0.05) is 24.9 Å². The molecule has 0 bridgehead atoms. The van der Waals surface area contributed by atoms with Crippen LogP contribution in [0.5, 0.6) is 17.4 Å². The van der Waals surface area contributed by atoms with Crippen LogP contribution in [0.1, 0.15) is 37.3 Å². The van der Waals surface area contributed by atoms with Gasteiger partial charge in [-0.05, 0) is 55.2 Å². The summed E-state index contributed by atoms with van der Waals surface area (Å²) in [4.78, 5) is 15.3. The van der Waals surface area contributed by atoms with E-state index in [1.165, 1.54) is 18.3 Å². The number of aromatic hydroxyl groups is 1. The van der Waals surface area contributed by atoms with Gasteiger partial charge in [0.05, 0.1) is 11.2 Å². The molecule has 1 aromatic carbocycles. The van der Waals surface area contributed by atoms with Gasteiger partial charge in [0.1, 0.15) is 5.75 Å². The molecule has 0 fully saturated rings. The maximum Gasteiger partial charge on any atom is 0.331 e. The fourth-order valence-corrected chi connectivity index (χ4v) is 2.63. The topological polar surface area (TPSA) is 79.7 Å². The fraction of sp³-hybridized carbons (Fsp3) is 0.263. The first-order chi connectivity index (χ1) is 11.9. The van der Waals surface area contributed by atoms with Gasteiger partial charge in [0, 0.05) is 11.6 Å². The van der Waals surface area contributed by atoms with Crippen LogP contribution in [0, 0.1) is 6.92 Å². The van der Waals surface area contributed by atoms with Gasteiger partial charge in [0.2, 0.25) is 5.88 Å². The summed E-state index contributed by atoms with van der Waals surface area (Å²) < 4.78 is 5.68. The van der Waals surface area contributed by atoms with Crippen LogP contribution in [0.2, 0.25) is 5.02 Å². The first-order valence-corrected chi connectivity index (χ1v) is 8.35. The van der Waals surface area contributed by atoms with E-state index in [0.717, 1.165) is 18.4 Å². The van der Waals surface area contributed by atoms with Crippen LogP contribution in [-0.2, 0) is 4.79 Å². The summed E-state index contributed by atoms with van der Waals surface area (Å²) in [5.74, 6) is -0.123. The highest BCUT2D eigenvalue weighted by atomic mass is 35.5. The van der Waals surface area contributed by atoms with Crippen molar-refractivity contribution in [3.05, 3.63) is 52.2 Å². The van der Waals surface area contributed by atoms with Gasteiger partial charge in [-0.2, -0.15) is 0 Å². The number of aliphatic carboxylic acids is 1. The van der Waals surface area contributed by atoms with Crippen molar-refractivity contribution in [2.75, 3.05) is 0 Å². The van der Waals surface area contributed by atoms with Crippen LogP contribution in [0.3, 0.4) is 0 Å². The number of carboxylic acids is 1. The summed E-state index contributed by atoms with van der Waals surface area (Å²) in [7, 11) is 0. The second-order valence-corrected chi connectivity index (χ2v) is 6.09. The van der Waals surface area contributed by atoms with Gasteiger partial charge in [-0.15, -0.1) is 0 Å². The quantitative estimate of drug-likeness (QED) is 0.662. The molecule has 1 aromatic heterocycles. The van der Waals surface area contributed by atoms with E-state index in [1.54, 1.807) is 12.1 Å². The normalized spacial score (nSPS) is 11.4. The summed E-state index contributed by atoms with van der Waals surface area (Å²) >= 11 is 6.30. The molecule has 25 heavy (non-hydrogen) atoms. The molecule has 0 aliphatic rings. The van der Waals surface area contributed by atoms with Crippen LogP contribution in [0.15, 0.2) is 36.0 Å². The number of halogens is 1. The second kappa shape index (κ2) is 8.53. The first-order valence-electron chi connectivity index (χ1n) is 7.97. The van der Waals surface area contributed by atoms with Gasteiger partial charge in [0.15, 0.2) is 5.75 Å². The molecule has 2 aromatic rings. The largest absolute Gasteiger partial charge is 0.506 e. The Hall–Kier alpha value is -2.53. The lowest BCUT2D eigenvalue weighted by molar-refractivity contribution is -0.132. The SMILES string of the molecule is CCCCC(=Cc1cc(C)c(Oc2ccc(O)cn2)c(Cl)c1)C(=O)O. The third-order valence-electron chi connectivity index (χ3n) is 3.59. The van der Waals surface area contributed by atoms with Gasteiger partial charge in [0.25, 0.3) is 0 Å². The Balaban J connectivity index is 2.29. The van der Waals surface area contributed by atoms with E-state index in [4.69, 9.17) is 16.3 Å². The average Bonchev–Trinajstić information content (AvgIpc) is 2.56. The zero-order valence-electron chi connectivity index (χ0n) is 14.1. The standard InChI is InChI=1S/C19H20ClNO4/c1-3-4-5-14(19(23)24)9-13-8-12(2)18(16(20)10-13)25-17-7-6-15(22)11-21-17/h6-11,22H,3-5H2,1-2H3,(H,23,24). The maximum atomic E-state index is 11.4. The molecule has 132 valence electrons. The van der Waals surface area contributed by atoms with Gasteiger partial charge >= 0.3 is 5.97 Å². The number of nitrogens with zero attached hydrogens (tertiary/aromatic N) is 1. The molecule has 0 atom stereocenters. The van der Waals surface area contributed by atoms with E-state index in [1.807, 2.05) is 19.9 Å². The zero-order valence-corrected chi connectivity index (χ0v) is 14.9. The van der Waals surface area contributed by atoms with Crippen molar-refractivity contribution in [2.24, 2.45) is 0 Å². The molecule has 5 nitrogen and oxygen atoms in total. The lowest BCUT2D eigenvalue weighted by Crippen LogP contribution is -2.00. The number of rotatable bonds is 7. The Labute approximate surface area is 151 Å². The molecule has 6 heteroatoms. The van der Waals surface area contributed by atoms with Crippen LogP contribution < -0.4 is 4.74 Å². The third-order valence-corrected chi connectivity index (χ3v) is 3.88. The molecular weight excluding hydrogens is 342 g/mol. The fourth-order valence-electron chi connectivity index (χ4n) is 2.32. The minimum Gasteiger partial charge on any atom is -0.506 e. The highest BCUT2D eigenvalue weighted by Gasteiger charge is 2.12. The number of carboxylic acid groups (broad SMARTS) is 1. The molecule has 0 amide bonds. The van der Waals surface area contributed by atoms with Gasteiger partial charge in [-0.25, -0.2) is 9.78 Å². The van der Waals surface area contributed by atoms with Crippen molar-refractivity contribution in [1.29, 1.82) is 0 Å². The number of unbranched alkanes of at least 4 members (excludes halogenated alkanes) is 1. The lowest BCUT2D eigenvalue weighted by atomic mass is 10.0. The molecule has 0 aliphatic heterocycles. The number of hydrogen-bond donors (Lipinski definition) is 2.